The topological polar surface area (TPSA) is 3.24 Å². The third-order valence-corrected chi connectivity index (χ3v) is 10.2. The predicted octanol–water partition coefficient (Wildman–Crippen LogP) is 13.6. The molecule has 1 aliphatic rings. The van der Waals surface area contributed by atoms with E-state index < -0.39 is 5.41 Å². The molecule has 0 radical (unpaired) electrons. The Morgan fingerprint density at radius 3 is 1.62 bits per heavy atom. The Hall–Kier alpha value is -6.18. The fourth-order valence-electron chi connectivity index (χ4n) is 7.69. The van der Waals surface area contributed by atoms with Crippen LogP contribution in [0.5, 0.6) is 0 Å². The van der Waals surface area contributed by atoms with Crippen LogP contribution in [0.4, 0.5) is 17.1 Å². The van der Waals surface area contributed by atoms with E-state index in [0.717, 1.165) is 44.9 Å². The second-order valence-electron chi connectivity index (χ2n) is 13.4. The SMILES string of the molecule is [2H]c1c([2H])c([2H])c2c(c1[2H])-c1ccc(N(c3ccc(-c4ccc(-c5ccccc5)c5ccccc45)cc3)c3ccccc3-c3ccccc3)cc1C2(C)C. The summed E-state index contributed by atoms with van der Waals surface area (Å²) in [6.07, 6.45) is 0. The van der Waals surface area contributed by atoms with Gasteiger partial charge in [0.05, 0.1) is 11.2 Å². The smallest absolute Gasteiger partial charge is 0.0629 e. The van der Waals surface area contributed by atoms with Gasteiger partial charge in [0.1, 0.15) is 0 Å². The fourth-order valence-corrected chi connectivity index (χ4v) is 7.69. The lowest BCUT2D eigenvalue weighted by molar-refractivity contribution is 0.660. The van der Waals surface area contributed by atoms with Gasteiger partial charge in [-0.2, -0.15) is 0 Å². The highest BCUT2D eigenvalue weighted by molar-refractivity contribution is 6.05. The summed E-state index contributed by atoms with van der Waals surface area (Å²) in [7, 11) is 0. The molecule has 0 aliphatic heterocycles. The van der Waals surface area contributed by atoms with Crippen LogP contribution in [0.2, 0.25) is 0 Å². The van der Waals surface area contributed by atoms with Gasteiger partial charge in [-0.25, -0.2) is 0 Å². The van der Waals surface area contributed by atoms with Gasteiger partial charge in [-0.3, -0.25) is 0 Å². The molecular formula is C49H37N. The van der Waals surface area contributed by atoms with Crippen LogP contribution in [0, 0.1) is 0 Å². The van der Waals surface area contributed by atoms with Crippen molar-refractivity contribution in [2.75, 3.05) is 4.90 Å². The maximum Gasteiger partial charge on any atom is 0.0629 e. The summed E-state index contributed by atoms with van der Waals surface area (Å²) in [6.45, 7) is 4.12. The van der Waals surface area contributed by atoms with Gasteiger partial charge in [0.15, 0.2) is 0 Å². The Morgan fingerprint density at radius 1 is 0.420 bits per heavy atom. The fraction of sp³-hybridized carbons (Fsp3) is 0.0612. The monoisotopic (exact) mass is 643 g/mol. The highest BCUT2D eigenvalue weighted by atomic mass is 15.1. The maximum atomic E-state index is 8.87. The third kappa shape index (κ3) is 4.94. The van der Waals surface area contributed by atoms with E-state index in [-0.39, 0.29) is 24.2 Å². The number of fused-ring (bicyclic) bond motifs is 4. The summed E-state index contributed by atoms with van der Waals surface area (Å²) in [4.78, 5) is 2.29. The van der Waals surface area contributed by atoms with Crippen molar-refractivity contribution >= 4 is 27.8 Å². The van der Waals surface area contributed by atoms with Gasteiger partial charge in [-0.15, -0.1) is 0 Å². The first kappa shape index (κ1) is 25.8. The van der Waals surface area contributed by atoms with Crippen molar-refractivity contribution < 1.29 is 5.48 Å². The lowest BCUT2D eigenvalue weighted by Gasteiger charge is -2.30. The van der Waals surface area contributed by atoms with Gasteiger partial charge in [0.25, 0.3) is 0 Å². The molecule has 0 saturated carbocycles. The predicted molar refractivity (Wildman–Crippen MR) is 213 cm³/mol. The highest BCUT2D eigenvalue weighted by Crippen LogP contribution is 2.51. The van der Waals surface area contributed by atoms with Gasteiger partial charge in [0, 0.05) is 22.4 Å². The summed E-state index contributed by atoms with van der Waals surface area (Å²) in [5, 5.41) is 2.42. The summed E-state index contributed by atoms with van der Waals surface area (Å²) >= 11 is 0. The van der Waals surface area contributed by atoms with Crippen LogP contribution in [-0.4, -0.2) is 0 Å². The first-order valence-corrected chi connectivity index (χ1v) is 17.1. The van der Waals surface area contributed by atoms with Crippen LogP contribution >= 0.6 is 0 Å². The molecule has 8 aromatic carbocycles. The molecule has 8 aromatic rings. The Labute approximate surface area is 300 Å². The van der Waals surface area contributed by atoms with Crippen molar-refractivity contribution in [1.29, 1.82) is 0 Å². The van der Waals surface area contributed by atoms with Gasteiger partial charge < -0.3 is 4.90 Å². The van der Waals surface area contributed by atoms with Crippen molar-refractivity contribution in [2.24, 2.45) is 0 Å². The minimum Gasteiger partial charge on any atom is -0.310 e. The molecule has 9 rings (SSSR count). The van der Waals surface area contributed by atoms with Gasteiger partial charge in [-0.05, 0) is 91.2 Å². The minimum atomic E-state index is -0.640. The molecule has 0 atom stereocenters. The number of hydrogen-bond acceptors (Lipinski definition) is 1. The molecule has 0 aromatic heterocycles. The van der Waals surface area contributed by atoms with E-state index in [1.165, 1.54) is 27.5 Å². The van der Waals surface area contributed by atoms with Gasteiger partial charge >= 0.3 is 0 Å². The van der Waals surface area contributed by atoms with Crippen LogP contribution in [0.1, 0.15) is 30.5 Å². The standard InChI is InChI=1S/C49H37N/c1-49(2)46-23-13-11-22-44(46)45-30-29-38(33-47(45)49)50(48-24-14-12-19-41(48)35-17-7-4-8-18-35)37-27-25-36(26-28-37)40-32-31-39(34-15-5-3-6-16-34)42-20-9-10-21-43(40)42/h3-33H,1-2H3/i11D,13D,22D,23D. The molecule has 1 aliphatic carbocycles. The second kappa shape index (κ2) is 12.1. The van der Waals surface area contributed by atoms with Crippen molar-refractivity contribution in [2.45, 2.75) is 19.3 Å². The number of hydrogen-bond donors (Lipinski definition) is 0. The zero-order valence-corrected chi connectivity index (χ0v) is 28.0. The number of para-hydroxylation sites is 1. The Balaban J connectivity index is 1.21. The zero-order valence-electron chi connectivity index (χ0n) is 32.0. The normalized spacial score (nSPS) is 13.9. The van der Waals surface area contributed by atoms with Crippen LogP contribution in [0.3, 0.4) is 0 Å². The summed E-state index contributed by atoms with van der Waals surface area (Å²) < 4.78 is 34.6. The Bertz CT molecular complexity index is 2720. The number of benzene rings is 8. The third-order valence-electron chi connectivity index (χ3n) is 10.2. The van der Waals surface area contributed by atoms with Crippen molar-refractivity contribution in [3.05, 3.63) is 199 Å². The highest BCUT2D eigenvalue weighted by Gasteiger charge is 2.35. The summed E-state index contributed by atoms with van der Waals surface area (Å²) in [5.41, 5.74) is 12.3. The van der Waals surface area contributed by atoms with Crippen LogP contribution < -0.4 is 4.90 Å². The van der Waals surface area contributed by atoms with Crippen molar-refractivity contribution in [3.8, 4) is 44.5 Å². The van der Waals surface area contributed by atoms with E-state index in [1.807, 2.05) is 12.1 Å². The second-order valence-corrected chi connectivity index (χ2v) is 13.4. The van der Waals surface area contributed by atoms with E-state index in [2.05, 4.69) is 170 Å². The quantitative estimate of drug-likeness (QED) is 0.174. The molecule has 0 unspecified atom stereocenters. The average Bonchev–Trinajstić information content (AvgIpc) is 3.46. The van der Waals surface area contributed by atoms with Crippen molar-refractivity contribution in [3.63, 3.8) is 0 Å². The Kier molecular flexibility index (Phi) is 6.22. The molecule has 0 heterocycles. The lowest BCUT2D eigenvalue weighted by Crippen LogP contribution is -2.16. The first-order valence-electron chi connectivity index (χ1n) is 19.1. The molecule has 0 fully saturated rings. The van der Waals surface area contributed by atoms with Crippen molar-refractivity contribution in [1.82, 2.24) is 0 Å². The number of nitrogens with zero attached hydrogens (tertiary/aromatic N) is 1. The molecule has 50 heavy (non-hydrogen) atoms. The molecule has 0 amide bonds. The van der Waals surface area contributed by atoms with Crippen LogP contribution in [0.15, 0.2) is 188 Å². The Morgan fingerprint density at radius 2 is 0.940 bits per heavy atom. The minimum absolute atomic E-state index is 0.0109. The van der Waals surface area contributed by atoms with Crippen LogP contribution in [-0.2, 0) is 5.41 Å². The number of rotatable bonds is 6. The van der Waals surface area contributed by atoms with Gasteiger partial charge in [0.2, 0.25) is 0 Å². The largest absolute Gasteiger partial charge is 0.310 e. The van der Waals surface area contributed by atoms with E-state index in [9.17, 15) is 0 Å². The van der Waals surface area contributed by atoms with Gasteiger partial charge in [-0.1, -0.05) is 171 Å². The van der Waals surface area contributed by atoms with E-state index in [4.69, 9.17) is 5.48 Å². The summed E-state index contributed by atoms with van der Waals surface area (Å²) in [5.74, 6) is 0. The lowest BCUT2D eigenvalue weighted by atomic mass is 9.82. The van der Waals surface area contributed by atoms with E-state index in [0.29, 0.717) is 11.1 Å². The molecule has 1 nitrogen and oxygen atoms in total. The molecule has 0 spiro atoms. The molecule has 0 saturated heterocycles. The first-order chi connectivity index (χ1) is 26.2. The number of anilines is 3. The average molecular weight is 644 g/mol. The zero-order chi connectivity index (χ0) is 37.1. The van der Waals surface area contributed by atoms with Crippen LogP contribution in [0.25, 0.3) is 55.3 Å². The van der Waals surface area contributed by atoms with E-state index in [1.54, 1.807) is 0 Å². The maximum absolute atomic E-state index is 8.87. The molecule has 0 N–H and O–H groups in total. The van der Waals surface area contributed by atoms with E-state index >= 15 is 0 Å². The molecule has 1 heteroatoms. The summed E-state index contributed by atoms with van der Waals surface area (Å²) in [6, 6.07) is 57.2. The molecule has 0 bridgehead atoms. The molecular weight excluding hydrogens is 603 g/mol. The molecule has 238 valence electrons.